The summed E-state index contributed by atoms with van der Waals surface area (Å²) in [4.78, 5) is 10.3. The van der Waals surface area contributed by atoms with E-state index < -0.39 is 5.97 Å². The molecule has 172 valence electrons. The highest BCUT2D eigenvalue weighted by Gasteiger charge is 2.11. The predicted octanol–water partition coefficient (Wildman–Crippen LogP) is 4.01. The van der Waals surface area contributed by atoms with Crippen LogP contribution in [0.1, 0.15) is 87.2 Å². The van der Waals surface area contributed by atoms with E-state index in [1.165, 1.54) is 6.07 Å². The van der Waals surface area contributed by atoms with Crippen molar-refractivity contribution in [2.45, 2.75) is 59.3 Å². The molecule has 0 unspecified atom stereocenters. The average molecular weight is 444 g/mol. The molecule has 4 aromatic heterocycles. The van der Waals surface area contributed by atoms with Gasteiger partial charge in [0.05, 0.1) is 0 Å². The number of carboxylic acid groups (broad SMARTS) is 1. The number of nitrogens with one attached hydrogen (secondary N) is 2. The second-order valence-electron chi connectivity index (χ2n) is 7.68. The molecule has 3 N–H and O–H groups in total. The van der Waals surface area contributed by atoms with Gasteiger partial charge in [-0.15, -0.1) is 20.4 Å². The summed E-state index contributed by atoms with van der Waals surface area (Å²) in [7, 11) is 0. The third-order valence-corrected chi connectivity index (χ3v) is 4.05. The van der Waals surface area contributed by atoms with E-state index in [2.05, 4.69) is 55.1 Å². The van der Waals surface area contributed by atoms with Gasteiger partial charge in [-0.1, -0.05) is 46.8 Å². The summed E-state index contributed by atoms with van der Waals surface area (Å²) >= 11 is 0. The minimum absolute atomic E-state index is 0.00806. The summed E-state index contributed by atoms with van der Waals surface area (Å²) in [6.45, 7) is 12.1. The maximum absolute atomic E-state index is 10.3. The highest BCUT2D eigenvalue weighted by atomic mass is 16.4. The van der Waals surface area contributed by atoms with Gasteiger partial charge < -0.3 is 13.9 Å². The van der Waals surface area contributed by atoms with Crippen molar-refractivity contribution in [3.63, 3.8) is 0 Å². The van der Waals surface area contributed by atoms with Crippen LogP contribution >= 0.6 is 0 Å². The van der Waals surface area contributed by atoms with Crippen molar-refractivity contribution in [3.8, 4) is 11.6 Å². The molecule has 0 saturated carbocycles. The highest BCUT2D eigenvalue weighted by Crippen LogP contribution is 2.22. The van der Waals surface area contributed by atoms with E-state index in [4.69, 9.17) is 13.9 Å². The second-order valence-corrected chi connectivity index (χ2v) is 7.68. The number of hydrogen-bond acceptors (Lipinski definition) is 9. The Labute approximate surface area is 184 Å². The fraction of sp³-hybridized carbons (Fsp3) is 0.450. The molecule has 0 saturated heterocycles. The first kappa shape index (κ1) is 24.4. The molecule has 4 rings (SSSR count). The number of tetrazole rings is 2. The number of aromatic nitrogens is 8. The van der Waals surface area contributed by atoms with Gasteiger partial charge >= 0.3 is 5.97 Å². The largest absolute Gasteiger partial charge is 0.475 e. The number of aromatic amines is 2. The van der Waals surface area contributed by atoms with Crippen LogP contribution in [0.3, 0.4) is 0 Å². The Morgan fingerprint density at radius 2 is 1.41 bits per heavy atom. The lowest BCUT2D eigenvalue weighted by Gasteiger charge is -1.96. The maximum atomic E-state index is 10.3. The van der Waals surface area contributed by atoms with Crippen LogP contribution in [0.4, 0.5) is 0 Å². The number of aromatic carboxylic acids is 1. The standard InChI is InChI=1S/C8H10N4O.C8H10O3.C4H8N4/c1-5(2)6-3-4-7(13-6)8-9-11-12-10-8;1-5(2)6-3-4-7(11-6)8(9)10;1-3(2)4-5-7-8-6-4/h3-5H,1-2H3,(H,9,10,11,12);3-5H,1-2H3,(H,9,10);3H,1-2H3,(H,5,6,7,8). The molecule has 0 radical (unpaired) electrons. The van der Waals surface area contributed by atoms with Crippen LogP contribution in [0.2, 0.25) is 0 Å². The summed E-state index contributed by atoms with van der Waals surface area (Å²) in [5.74, 6) is 3.53. The SMILES string of the molecule is CC(C)c1ccc(-c2nn[nH]n2)o1.CC(C)c1ccc(C(=O)O)o1.CC(C)c1nn[nH]n1. The summed E-state index contributed by atoms with van der Waals surface area (Å²) in [6, 6.07) is 6.93. The lowest BCUT2D eigenvalue weighted by Crippen LogP contribution is -1.92. The van der Waals surface area contributed by atoms with Crippen molar-refractivity contribution in [2.24, 2.45) is 0 Å². The molecule has 4 heterocycles. The summed E-state index contributed by atoms with van der Waals surface area (Å²) in [6.07, 6.45) is 0. The zero-order chi connectivity index (χ0) is 23.7. The van der Waals surface area contributed by atoms with Gasteiger partial charge in [-0.05, 0) is 29.5 Å². The van der Waals surface area contributed by atoms with Gasteiger partial charge in [-0.3, -0.25) is 0 Å². The summed E-state index contributed by atoms with van der Waals surface area (Å²) in [5, 5.41) is 35.3. The molecule has 32 heavy (non-hydrogen) atoms. The molecule has 12 heteroatoms. The van der Waals surface area contributed by atoms with Gasteiger partial charge in [0.2, 0.25) is 11.6 Å². The molecule has 0 aromatic carbocycles. The van der Waals surface area contributed by atoms with E-state index in [1.807, 2.05) is 39.8 Å². The molecule has 0 spiro atoms. The predicted molar refractivity (Wildman–Crippen MR) is 114 cm³/mol. The fourth-order valence-corrected chi connectivity index (χ4v) is 2.24. The van der Waals surface area contributed by atoms with E-state index >= 15 is 0 Å². The molecule has 0 amide bonds. The van der Waals surface area contributed by atoms with Gasteiger partial charge in [0.1, 0.15) is 11.5 Å². The lowest BCUT2D eigenvalue weighted by atomic mass is 10.2. The molecule has 12 nitrogen and oxygen atoms in total. The fourth-order valence-electron chi connectivity index (χ4n) is 2.24. The normalized spacial score (nSPS) is 10.7. The number of nitrogens with zero attached hydrogens (tertiary/aromatic N) is 6. The lowest BCUT2D eigenvalue weighted by molar-refractivity contribution is 0.0660. The Morgan fingerprint density at radius 1 is 0.812 bits per heavy atom. The van der Waals surface area contributed by atoms with Crippen LogP contribution in [0.5, 0.6) is 0 Å². The van der Waals surface area contributed by atoms with Crippen LogP contribution in [0, 0.1) is 0 Å². The Balaban J connectivity index is 0.000000175. The van der Waals surface area contributed by atoms with Gasteiger partial charge in [0.15, 0.2) is 11.6 Å². The van der Waals surface area contributed by atoms with Crippen LogP contribution in [-0.4, -0.2) is 52.3 Å². The van der Waals surface area contributed by atoms with E-state index in [0.29, 0.717) is 29.2 Å². The van der Waals surface area contributed by atoms with Crippen molar-refractivity contribution in [1.82, 2.24) is 41.2 Å². The van der Waals surface area contributed by atoms with Gasteiger partial charge in [0, 0.05) is 17.8 Å². The topological polar surface area (TPSA) is 172 Å². The van der Waals surface area contributed by atoms with E-state index in [1.54, 1.807) is 6.07 Å². The Morgan fingerprint density at radius 3 is 1.78 bits per heavy atom. The summed E-state index contributed by atoms with van der Waals surface area (Å²) < 4.78 is 10.5. The van der Waals surface area contributed by atoms with Crippen molar-refractivity contribution < 1.29 is 18.7 Å². The first-order chi connectivity index (χ1) is 15.2. The number of carbonyl (C=O) groups is 1. The van der Waals surface area contributed by atoms with Crippen molar-refractivity contribution in [3.05, 3.63) is 47.4 Å². The zero-order valence-corrected chi connectivity index (χ0v) is 18.9. The van der Waals surface area contributed by atoms with Gasteiger partial charge in [0.25, 0.3) is 0 Å². The van der Waals surface area contributed by atoms with E-state index in [9.17, 15) is 4.79 Å². The number of rotatable bonds is 5. The molecule has 0 atom stereocenters. The monoisotopic (exact) mass is 444 g/mol. The zero-order valence-electron chi connectivity index (χ0n) is 18.9. The third kappa shape index (κ3) is 7.15. The molecule has 0 aliphatic heterocycles. The molecular formula is C20H28N8O4. The number of carboxylic acids is 1. The molecule has 0 bridgehead atoms. The van der Waals surface area contributed by atoms with Gasteiger partial charge in [-0.25, -0.2) is 4.79 Å². The van der Waals surface area contributed by atoms with E-state index in [-0.39, 0.29) is 11.7 Å². The van der Waals surface area contributed by atoms with Crippen LogP contribution in [0.25, 0.3) is 11.6 Å². The smallest absolute Gasteiger partial charge is 0.371 e. The third-order valence-electron chi connectivity index (χ3n) is 4.05. The highest BCUT2D eigenvalue weighted by molar-refractivity contribution is 5.84. The molecule has 0 aliphatic carbocycles. The summed E-state index contributed by atoms with van der Waals surface area (Å²) in [5.41, 5.74) is 0. The Hall–Kier alpha value is -3.83. The average Bonchev–Trinajstić information content (AvgIpc) is 3.56. The van der Waals surface area contributed by atoms with Crippen LogP contribution < -0.4 is 0 Å². The minimum atomic E-state index is -1.02. The van der Waals surface area contributed by atoms with Crippen molar-refractivity contribution in [2.75, 3.05) is 0 Å². The van der Waals surface area contributed by atoms with Crippen LogP contribution in [-0.2, 0) is 0 Å². The quantitative estimate of drug-likeness (QED) is 0.408. The first-order valence-electron chi connectivity index (χ1n) is 10.1. The van der Waals surface area contributed by atoms with Crippen molar-refractivity contribution in [1.29, 1.82) is 0 Å². The number of hydrogen-bond donors (Lipinski definition) is 3. The van der Waals surface area contributed by atoms with Crippen LogP contribution in [0.15, 0.2) is 33.1 Å². The Kier molecular flexibility index (Phi) is 8.81. The Bertz CT molecular complexity index is 1050. The molecule has 0 fully saturated rings. The number of H-pyrrole nitrogens is 2. The molecule has 4 aromatic rings. The second kappa shape index (κ2) is 11.5. The van der Waals surface area contributed by atoms with E-state index in [0.717, 1.165) is 11.6 Å². The number of furan rings is 2. The molecular weight excluding hydrogens is 416 g/mol. The first-order valence-corrected chi connectivity index (χ1v) is 10.1. The minimum Gasteiger partial charge on any atom is -0.475 e. The molecule has 0 aliphatic rings. The maximum Gasteiger partial charge on any atom is 0.371 e. The van der Waals surface area contributed by atoms with Gasteiger partial charge in [-0.2, -0.15) is 10.4 Å². The van der Waals surface area contributed by atoms with Crippen molar-refractivity contribution >= 4 is 5.97 Å².